The standard InChI is InChI=1S/C13H15NO5/c1-18-10-4-3-9(7-11(10)19-2)8-14-12(15)5-6-13(16)17/h3-7H,8H2,1-2H3,(H,14,15)(H,16,17). The number of hydrogen-bond donors (Lipinski definition) is 2. The maximum absolute atomic E-state index is 11.3. The Bertz CT molecular complexity index is 496. The van der Waals surface area contributed by atoms with E-state index in [1.165, 1.54) is 14.2 Å². The van der Waals surface area contributed by atoms with E-state index in [4.69, 9.17) is 14.6 Å². The summed E-state index contributed by atoms with van der Waals surface area (Å²) < 4.78 is 10.2. The molecule has 1 aromatic carbocycles. The van der Waals surface area contributed by atoms with E-state index < -0.39 is 11.9 Å². The fourth-order valence-corrected chi connectivity index (χ4v) is 1.39. The molecule has 0 aromatic heterocycles. The average molecular weight is 265 g/mol. The van der Waals surface area contributed by atoms with Crippen molar-refractivity contribution in [2.45, 2.75) is 6.54 Å². The fraction of sp³-hybridized carbons (Fsp3) is 0.231. The Hall–Kier alpha value is -2.50. The highest BCUT2D eigenvalue weighted by molar-refractivity contribution is 5.93. The summed E-state index contributed by atoms with van der Waals surface area (Å²) in [6.45, 7) is 0.267. The van der Waals surface area contributed by atoms with Gasteiger partial charge in [0.15, 0.2) is 11.5 Å². The van der Waals surface area contributed by atoms with Gasteiger partial charge in [0.1, 0.15) is 0 Å². The van der Waals surface area contributed by atoms with Gasteiger partial charge in [0.05, 0.1) is 14.2 Å². The number of benzene rings is 1. The van der Waals surface area contributed by atoms with Gasteiger partial charge in [-0.1, -0.05) is 6.07 Å². The lowest BCUT2D eigenvalue weighted by Crippen LogP contribution is -2.20. The lowest BCUT2D eigenvalue weighted by Gasteiger charge is -2.09. The van der Waals surface area contributed by atoms with Crippen molar-refractivity contribution in [3.63, 3.8) is 0 Å². The predicted molar refractivity (Wildman–Crippen MR) is 68.2 cm³/mol. The normalized spacial score (nSPS) is 10.2. The summed E-state index contributed by atoms with van der Waals surface area (Å²) in [5.74, 6) is -0.475. The molecule has 1 amide bonds. The quantitative estimate of drug-likeness (QED) is 0.748. The lowest BCUT2D eigenvalue weighted by molar-refractivity contribution is -0.131. The smallest absolute Gasteiger partial charge is 0.328 e. The molecule has 0 atom stereocenters. The number of amides is 1. The number of ether oxygens (including phenoxy) is 2. The average Bonchev–Trinajstić information content (AvgIpc) is 2.42. The second-order valence-electron chi connectivity index (χ2n) is 3.58. The van der Waals surface area contributed by atoms with E-state index in [2.05, 4.69) is 5.32 Å². The minimum absolute atomic E-state index is 0.267. The Kier molecular flexibility index (Phi) is 5.40. The number of rotatable bonds is 6. The number of nitrogens with one attached hydrogen (secondary N) is 1. The molecule has 1 rings (SSSR count). The molecule has 0 aliphatic carbocycles. The third-order valence-electron chi connectivity index (χ3n) is 2.29. The molecule has 1 aromatic rings. The van der Waals surface area contributed by atoms with Crippen molar-refractivity contribution in [2.24, 2.45) is 0 Å². The number of carboxylic acid groups (broad SMARTS) is 1. The molecule has 6 heteroatoms. The lowest BCUT2D eigenvalue weighted by atomic mass is 10.2. The molecule has 2 N–H and O–H groups in total. The Morgan fingerprint density at radius 2 is 1.89 bits per heavy atom. The van der Waals surface area contributed by atoms with Crippen LogP contribution in [0.4, 0.5) is 0 Å². The molecule has 0 fully saturated rings. The summed E-state index contributed by atoms with van der Waals surface area (Å²) >= 11 is 0. The number of carbonyl (C=O) groups is 2. The zero-order valence-electron chi connectivity index (χ0n) is 10.7. The molecule has 0 unspecified atom stereocenters. The van der Waals surface area contributed by atoms with Crippen molar-refractivity contribution in [1.29, 1.82) is 0 Å². The number of carbonyl (C=O) groups excluding carboxylic acids is 1. The number of hydrogen-bond acceptors (Lipinski definition) is 4. The minimum Gasteiger partial charge on any atom is -0.493 e. The van der Waals surface area contributed by atoms with Gasteiger partial charge in [-0.25, -0.2) is 4.79 Å². The highest BCUT2D eigenvalue weighted by Crippen LogP contribution is 2.27. The summed E-state index contributed by atoms with van der Waals surface area (Å²) in [5.41, 5.74) is 0.815. The predicted octanol–water partition coefficient (Wildman–Crippen LogP) is 0.961. The molecule has 0 saturated carbocycles. The van der Waals surface area contributed by atoms with Crippen LogP contribution in [0.5, 0.6) is 11.5 Å². The monoisotopic (exact) mass is 265 g/mol. The second-order valence-corrected chi connectivity index (χ2v) is 3.58. The molecular weight excluding hydrogens is 250 g/mol. The molecule has 6 nitrogen and oxygen atoms in total. The maximum atomic E-state index is 11.3. The fourth-order valence-electron chi connectivity index (χ4n) is 1.39. The molecule has 0 radical (unpaired) electrons. The van der Waals surface area contributed by atoms with Crippen molar-refractivity contribution in [1.82, 2.24) is 5.32 Å². The molecule has 0 aliphatic heterocycles. The molecule has 0 bridgehead atoms. The molecule has 0 saturated heterocycles. The number of carboxylic acids is 1. The van der Waals surface area contributed by atoms with Crippen molar-refractivity contribution >= 4 is 11.9 Å². The van der Waals surface area contributed by atoms with Crippen LogP contribution in [0.15, 0.2) is 30.4 Å². The first-order valence-electron chi connectivity index (χ1n) is 5.46. The minimum atomic E-state index is -1.17. The van der Waals surface area contributed by atoms with Crippen LogP contribution in [0.2, 0.25) is 0 Å². The zero-order valence-corrected chi connectivity index (χ0v) is 10.7. The molecular formula is C13H15NO5. The Morgan fingerprint density at radius 1 is 1.21 bits per heavy atom. The topological polar surface area (TPSA) is 84.9 Å². The van der Waals surface area contributed by atoms with E-state index in [9.17, 15) is 9.59 Å². The summed E-state index contributed by atoms with van der Waals surface area (Å²) in [7, 11) is 3.06. The SMILES string of the molecule is COc1ccc(CNC(=O)C=CC(=O)O)cc1OC. The van der Waals surface area contributed by atoms with Crippen LogP contribution >= 0.6 is 0 Å². The van der Waals surface area contributed by atoms with Gasteiger partial charge in [-0.05, 0) is 17.7 Å². The highest BCUT2D eigenvalue weighted by atomic mass is 16.5. The van der Waals surface area contributed by atoms with Crippen LogP contribution in [-0.2, 0) is 16.1 Å². The number of aliphatic carboxylic acids is 1. The van der Waals surface area contributed by atoms with Gasteiger partial charge >= 0.3 is 5.97 Å². The van der Waals surface area contributed by atoms with Gasteiger partial charge < -0.3 is 19.9 Å². The van der Waals surface area contributed by atoms with Gasteiger partial charge in [-0.2, -0.15) is 0 Å². The van der Waals surface area contributed by atoms with E-state index in [1.54, 1.807) is 18.2 Å². The van der Waals surface area contributed by atoms with Crippen molar-refractivity contribution in [3.8, 4) is 11.5 Å². The summed E-state index contributed by atoms with van der Waals surface area (Å²) in [5, 5.41) is 10.9. The van der Waals surface area contributed by atoms with Gasteiger partial charge in [-0.3, -0.25) is 4.79 Å². The Morgan fingerprint density at radius 3 is 2.47 bits per heavy atom. The Labute approximate surface area is 110 Å². The van der Waals surface area contributed by atoms with Crippen LogP contribution in [0.1, 0.15) is 5.56 Å². The van der Waals surface area contributed by atoms with E-state index in [-0.39, 0.29) is 6.54 Å². The second kappa shape index (κ2) is 7.05. The van der Waals surface area contributed by atoms with E-state index in [0.29, 0.717) is 11.5 Å². The van der Waals surface area contributed by atoms with Crippen LogP contribution in [0.25, 0.3) is 0 Å². The van der Waals surface area contributed by atoms with E-state index in [0.717, 1.165) is 17.7 Å². The largest absolute Gasteiger partial charge is 0.493 e. The highest BCUT2D eigenvalue weighted by Gasteiger charge is 2.05. The van der Waals surface area contributed by atoms with Crippen molar-refractivity contribution in [2.75, 3.05) is 14.2 Å². The van der Waals surface area contributed by atoms with Gasteiger partial charge in [0.2, 0.25) is 5.91 Å². The molecule has 0 heterocycles. The molecule has 0 aliphatic rings. The van der Waals surface area contributed by atoms with Crippen LogP contribution in [0.3, 0.4) is 0 Å². The van der Waals surface area contributed by atoms with Crippen molar-refractivity contribution < 1.29 is 24.2 Å². The Balaban J connectivity index is 2.63. The third-order valence-corrected chi connectivity index (χ3v) is 2.29. The van der Waals surface area contributed by atoms with Gasteiger partial charge in [0, 0.05) is 18.7 Å². The first-order valence-corrected chi connectivity index (χ1v) is 5.46. The van der Waals surface area contributed by atoms with Crippen LogP contribution < -0.4 is 14.8 Å². The molecule has 102 valence electrons. The summed E-state index contributed by atoms with van der Waals surface area (Å²) in [6.07, 6.45) is 1.74. The van der Waals surface area contributed by atoms with E-state index in [1.807, 2.05) is 0 Å². The molecule has 0 spiro atoms. The van der Waals surface area contributed by atoms with Crippen molar-refractivity contribution in [3.05, 3.63) is 35.9 Å². The van der Waals surface area contributed by atoms with E-state index >= 15 is 0 Å². The van der Waals surface area contributed by atoms with Gasteiger partial charge in [-0.15, -0.1) is 0 Å². The zero-order chi connectivity index (χ0) is 14.3. The van der Waals surface area contributed by atoms with Crippen LogP contribution in [-0.4, -0.2) is 31.2 Å². The number of methoxy groups -OCH3 is 2. The maximum Gasteiger partial charge on any atom is 0.328 e. The summed E-state index contributed by atoms with van der Waals surface area (Å²) in [6, 6.07) is 5.25. The first-order chi connectivity index (χ1) is 9.06. The third kappa shape index (κ3) is 4.71. The van der Waals surface area contributed by atoms with Crippen LogP contribution in [0, 0.1) is 0 Å². The van der Waals surface area contributed by atoms with Gasteiger partial charge in [0.25, 0.3) is 0 Å². The molecule has 19 heavy (non-hydrogen) atoms. The summed E-state index contributed by atoms with van der Waals surface area (Å²) in [4.78, 5) is 21.5. The first kappa shape index (κ1) is 14.6.